The van der Waals surface area contributed by atoms with Crippen molar-refractivity contribution >= 4 is 34.9 Å². The van der Waals surface area contributed by atoms with Gasteiger partial charge in [-0.05, 0) is 30.9 Å². The summed E-state index contributed by atoms with van der Waals surface area (Å²) < 4.78 is 0. The Morgan fingerprint density at radius 3 is 2.67 bits per heavy atom. The number of amides is 2. The second-order valence-electron chi connectivity index (χ2n) is 4.72. The third kappa shape index (κ3) is 3.09. The Bertz CT molecular complexity index is 430. The number of likely N-dealkylation sites (tertiary alicyclic amines) is 1. The zero-order chi connectivity index (χ0) is 13.1. The van der Waals surface area contributed by atoms with Gasteiger partial charge in [0.15, 0.2) is 0 Å². The van der Waals surface area contributed by atoms with Gasteiger partial charge in [0.2, 0.25) is 0 Å². The van der Waals surface area contributed by atoms with Crippen molar-refractivity contribution in [2.24, 2.45) is 5.92 Å². The van der Waals surface area contributed by atoms with Crippen molar-refractivity contribution in [1.82, 2.24) is 4.90 Å². The van der Waals surface area contributed by atoms with Crippen LogP contribution in [0.5, 0.6) is 0 Å². The Morgan fingerprint density at radius 1 is 1.39 bits per heavy atom. The van der Waals surface area contributed by atoms with E-state index in [9.17, 15) is 4.79 Å². The van der Waals surface area contributed by atoms with E-state index in [4.69, 9.17) is 23.2 Å². The molecule has 2 rings (SSSR count). The zero-order valence-corrected chi connectivity index (χ0v) is 11.8. The second kappa shape index (κ2) is 5.81. The first-order valence-electron chi connectivity index (χ1n) is 6.08. The minimum atomic E-state index is -0.128. The average molecular weight is 287 g/mol. The Labute approximate surface area is 117 Å². The average Bonchev–Trinajstić information content (AvgIpc) is 2.34. The number of hydrogen-bond acceptors (Lipinski definition) is 1. The number of hydrogen-bond donors (Lipinski definition) is 1. The molecule has 3 nitrogen and oxygen atoms in total. The van der Waals surface area contributed by atoms with Gasteiger partial charge >= 0.3 is 6.03 Å². The van der Waals surface area contributed by atoms with Crippen molar-refractivity contribution in [3.8, 4) is 0 Å². The molecule has 1 atom stereocenters. The number of urea groups is 1. The normalized spacial score (nSPS) is 19.7. The highest BCUT2D eigenvalue weighted by molar-refractivity contribution is 6.39. The molecule has 1 aromatic carbocycles. The van der Waals surface area contributed by atoms with Crippen LogP contribution in [-0.4, -0.2) is 24.0 Å². The van der Waals surface area contributed by atoms with E-state index in [0.717, 1.165) is 19.5 Å². The van der Waals surface area contributed by atoms with Crippen LogP contribution in [0.3, 0.4) is 0 Å². The van der Waals surface area contributed by atoms with E-state index < -0.39 is 0 Å². The van der Waals surface area contributed by atoms with Crippen molar-refractivity contribution in [3.05, 3.63) is 28.2 Å². The number of carbonyl (C=O) groups is 1. The number of rotatable bonds is 1. The van der Waals surface area contributed by atoms with Crippen LogP contribution in [0.15, 0.2) is 18.2 Å². The van der Waals surface area contributed by atoms with Gasteiger partial charge in [-0.2, -0.15) is 0 Å². The van der Waals surface area contributed by atoms with E-state index in [2.05, 4.69) is 12.2 Å². The summed E-state index contributed by atoms with van der Waals surface area (Å²) in [6, 6.07) is 5.05. The molecule has 0 aliphatic carbocycles. The van der Waals surface area contributed by atoms with Crippen LogP contribution in [0.2, 0.25) is 10.0 Å². The summed E-state index contributed by atoms with van der Waals surface area (Å²) in [5.74, 6) is 0.547. The molecule has 0 aromatic heterocycles. The van der Waals surface area contributed by atoms with Crippen LogP contribution in [0.1, 0.15) is 19.8 Å². The highest BCUT2D eigenvalue weighted by Crippen LogP contribution is 2.30. The number of benzene rings is 1. The summed E-state index contributed by atoms with van der Waals surface area (Å²) in [4.78, 5) is 13.9. The summed E-state index contributed by atoms with van der Waals surface area (Å²) in [5.41, 5.74) is 0.490. The molecule has 0 radical (unpaired) electrons. The van der Waals surface area contributed by atoms with Gasteiger partial charge in [-0.15, -0.1) is 0 Å². The number of para-hydroxylation sites is 1. The van der Waals surface area contributed by atoms with E-state index in [0.29, 0.717) is 21.7 Å². The number of carbonyl (C=O) groups excluding carboxylic acids is 1. The minimum absolute atomic E-state index is 0.128. The SMILES string of the molecule is CC1CCCN(C(=O)Nc2c(Cl)cccc2Cl)C1. The van der Waals surface area contributed by atoms with Crippen molar-refractivity contribution in [2.45, 2.75) is 19.8 Å². The lowest BCUT2D eigenvalue weighted by Gasteiger charge is -2.31. The maximum Gasteiger partial charge on any atom is 0.321 e. The second-order valence-corrected chi connectivity index (χ2v) is 5.53. The third-order valence-corrected chi connectivity index (χ3v) is 3.77. The van der Waals surface area contributed by atoms with Gasteiger partial charge in [0.25, 0.3) is 0 Å². The van der Waals surface area contributed by atoms with Gasteiger partial charge in [-0.1, -0.05) is 36.2 Å². The van der Waals surface area contributed by atoms with Gasteiger partial charge < -0.3 is 10.2 Å². The Kier molecular flexibility index (Phi) is 4.36. The van der Waals surface area contributed by atoms with Crippen LogP contribution >= 0.6 is 23.2 Å². The highest BCUT2D eigenvalue weighted by atomic mass is 35.5. The molecule has 1 heterocycles. The lowest BCUT2D eigenvalue weighted by molar-refractivity contribution is 0.182. The smallest absolute Gasteiger partial charge is 0.321 e. The number of halogens is 2. The van der Waals surface area contributed by atoms with Gasteiger partial charge in [-0.3, -0.25) is 0 Å². The van der Waals surface area contributed by atoms with Crippen molar-refractivity contribution in [1.29, 1.82) is 0 Å². The van der Waals surface area contributed by atoms with Crippen molar-refractivity contribution < 1.29 is 4.79 Å². The molecular weight excluding hydrogens is 271 g/mol. The number of piperidine rings is 1. The Balaban J connectivity index is 2.07. The number of nitrogens with zero attached hydrogens (tertiary/aromatic N) is 1. The highest BCUT2D eigenvalue weighted by Gasteiger charge is 2.21. The summed E-state index contributed by atoms with van der Waals surface area (Å²) >= 11 is 12.0. The van der Waals surface area contributed by atoms with E-state index in [1.165, 1.54) is 6.42 Å². The summed E-state index contributed by atoms with van der Waals surface area (Å²) in [6.07, 6.45) is 2.22. The first kappa shape index (κ1) is 13.5. The van der Waals surface area contributed by atoms with Crippen LogP contribution < -0.4 is 5.32 Å². The molecule has 1 saturated heterocycles. The van der Waals surface area contributed by atoms with Crippen LogP contribution in [-0.2, 0) is 0 Å². The maximum absolute atomic E-state index is 12.1. The molecule has 98 valence electrons. The molecule has 1 aliphatic heterocycles. The van der Waals surface area contributed by atoms with Gasteiger partial charge in [0.05, 0.1) is 15.7 Å². The molecule has 0 spiro atoms. The fourth-order valence-corrected chi connectivity index (χ4v) is 2.67. The number of anilines is 1. The molecule has 1 aromatic rings. The molecule has 1 fully saturated rings. The quantitative estimate of drug-likeness (QED) is 0.822. The topological polar surface area (TPSA) is 32.3 Å². The molecule has 2 amide bonds. The first-order valence-corrected chi connectivity index (χ1v) is 6.83. The monoisotopic (exact) mass is 286 g/mol. The van der Waals surface area contributed by atoms with Crippen LogP contribution in [0.25, 0.3) is 0 Å². The van der Waals surface area contributed by atoms with Crippen LogP contribution in [0.4, 0.5) is 10.5 Å². The van der Waals surface area contributed by atoms with Crippen molar-refractivity contribution in [2.75, 3.05) is 18.4 Å². The molecule has 0 saturated carbocycles. The molecule has 18 heavy (non-hydrogen) atoms. The minimum Gasteiger partial charge on any atom is -0.324 e. The van der Waals surface area contributed by atoms with E-state index in [-0.39, 0.29) is 6.03 Å². The first-order chi connectivity index (χ1) is 8.58. The Morgan fingerprint density at radius 2 is 2.06 bits per heavy atom. The molecule has 0 bridgehead atoms. The summed E-state index contributed by atoms with van der Waals surface area (Å²) in [6.45, 7) is 3.73. The number of nitrogens with one attached hydrogen (secondary N) is 1. The molecular formula is C13H16Cl2N2O. The maximum atomic E-state index is 12.1. The Hall–Kier alpha value is -0.930. The lowest BCUT2D eigenvalue weighted by Crippen LogP contribution is -2.41. The predicted molar refractivity (Wildman–Crippen MR) is 75.5 cm³/mol. The molecule has 1 unspecified atom stereocenters. The predicted octanol–water partition coefficient (Wildman–Crippen LogP) is 4.26. The van der Waals surface area contributed by atoms with Gasteiger partial charge in [0, 0.05) is 13.1 Å². The molecule has 1 N–H and O–H groups in total. The van der Waals surface area contributed by atoms with Crippen molar-refractivity contribution in [3.63, 3.8) is 0 Å². The summed E-state index contributed by atoms with van der Waals surface area (Å²) in [5, 5.41) is 3.71. The van der Waals surface area contributed by atoms with E-state index in [1.807, 2.05) is 4.90 Å². The van der Waals surface area contributed by atoms with Crippen LogP contribution in [0, 0.1) is 5.92 Å². The summed E-state index contributed by atoms with van der Waals surface area (Å²) in [7, 11) is 0. The van der Waals surface area contributed by atoms with E-state index in [1.54, 1.807) is 18.2 Å². The largest absolute Gasteiger partial charge is 0.324 e. The van der Waals surface area contributed by atoms with Gasteiger partial charge in [-0.25, -0.2) is 4.79 Å². The zero-order valence-electron chi connectivity index (χ0n) is 10.2. The molecule has 1 aliphatic rings. The fourth-order valence-electron chi connectivity index (χ4n) is 2.18. The standard InChI is InChI=1S/C13H16Cl2N2O/c1-9-4-3-7-17(8-9)13(18)16-12-10(14)5-2-6-11(12)15/h2,5-6,9H,3-4,7-8H2,1H3,(H,16,18). The molecule has 5 heteroatoms. The third-order valence-electron chi connectivity index (χ3n) is 3.14. The van der Waals surface area contributed by atoms with Gasteiger partial charge in [0.1, 0.15) is 0 Å². The van der Waals surface area contributed by atoms with E-state index >= 15 is 0 Å². The lowest BCUT2D eigenvalue weighted by atomic mass is 10.0. The fraction of sp³-hybridized carbons (Fsp3) is 0.462.